The number of rotatable bonds is 2. The van der Waals surface area contributed by atoms with Crippen molar-refractivity contribution in [2.24, 2.45) is 0 Å². The van der Waals surface area contributed by atoms with Crippen LogP contribution in [-0.2, 0) is 0 Å². The second kappa shape index (κ2) is 4.91. The van der Waals surface area contributed by atoms with Crippen LogP contribution in [-0.4, -0.2) is 9.61 Å². The smallest absolute Gasteiger partial charge is 0.0747 e. The van der Waals surface area contributed by atoms with E-state index in [1.54, 1.807) is 0 Å². The fourth-order valence-electron chi connectivity index (χ4n) is 2.68. The Bertz CT molecular complexity index is 877. The summed E-state index contributed by atoms with van der Waals surface area (Å²) in [5.74, 6) is 0. The van der Waals surface area contributed by atoms with Crippen molar-refractivity contribution in [1.29, 1.82) is 0 Å². The number of hydrogen-bond donors (Lipinski definition) is 0. The molecular weight excluding hydrogens is 256 g/mol. The van der Waals surface area contributed by atoms with Crippen LogP contribution in [0.5, 0.6) is 0 Å². The Hall–Kier alpha value is -2.87. The van der Waals surface area contributed by atoms with E-state index in [0.29, 0.717) is 0 Å². The van der Waals surface area contributed by atoms with Crippen molar-refractivity contribution in [1.82, 2.24) is 9.61 Å². The number of aromatic nitrogens is 2. The first-order valence-corrected chi connectivity index (χ1v) is 7.01. The zero-order chi connectivity index (χ0) is 14.1. The second-order valence-corrected chi connectivity index (χ2v) is 5.00. The number of fused-ring (bicyclic) bond motifs is 1. The van der Waals surface area contributed by atoms with Gasteiger partial charge in [-0.1, -0.05) is 66.7 Å². The monoisotopic (exact) mass is 270 g/mol. The average Bonchev–Trinajstić information content (AvgIpc) is 3.00. The Morgan fingerprint density at radius 3 is 2.00 bits per heavy atom. The van der Waals surface area contributed by atoms with E-state index >= 15 is 0 Å². The van der Waals surface area contributed by atoms with Gasteiger partial charge in [0.05, 0.1) is 17.4 Å². The van der Waals surface area contributed by atoms with E-state index in [-0.39, 0.29) is 0 Å². The molecule has 2 aromatic heterocycles. The van der Waals surface area contributed by atoms with E-state index in [9.17, 15) is 0 Å². The van der Waals surface area contributed by atoms with Crippen LogP contribution in [0.25, 0.3) is 27.9 Å². The summed E-state index contributed by atoms with van der Waals surface area (Å²) in [4.78, 5) is 0. The zero-order valence-corrected chi connectivity index (χ0v) is 11.5. The Kier molecular flexibility index (Phi) is 2.79. The molecule has 0 fully saturated rings. The molecule has 2 aromatic carbocycles. The molecule has 4 rings (SSSR count). The van der Waals surface area contributed by atoms with E-state index in [2.05, 4.69) is 71.8 Å². The fraction of sp³-hybridized carbons (Fsp3) is 0. The highest BCUT2D eigenvalue weighted by Gasteiger charge is 2.09. The summed E-state index contributed by atoms with van der Waals surface area (Å²) in [6, 6.07) is 27.0. The van der Waals surface area contributed by atoms with Crippen molar-refractivity contribution in [3.63, 3.8) is 0 Å². The van der Waals surface area contributed by atoms with Gasteiger partial charge in [0.1, 0.15) is 0 Å². The van der Waals surface area contributed by atoms with Gasteiger partial charge >= 0.3 is 0 Å². The third-order valence-electron chi connectivity index (χ3n) is 3.70. The Morgan fingerprint density at radius 2 is 1.29 bits per heavy atom. The standard InChI is InChI=1S/C19H14N2/c1-3-8-15(9-4-1)17-14-20-21-18(12-7-13-19(17)21)16-10-5-2-6-11-16/h1-14H. The van der Waals surface area contributed by atoms with Gasteiger partial charge in [-0.2, -0.15) is 5.10 Å². The molecule has 21 heavy (non-hydrogen) atoms. The molecule has 4 aromatic rings. The van der Waals surface area contributed by atoms with Gasteiger partial charge in [0.2, 0.25) is 0 Å². The van der Waals surface area contributed by atoms with Crippen LogP contribution in [0.2, 0.25) is 0 Å². The fourth-order valence-corrected chi connectivity index (χ4v) is 2.68. The lowest BCUT2D eigenvalue weighted by Gasteiger charge is -2.05. The maximum atomic E-state index is 4.59. The van der Waals surface area contributed by atoms with Gasteiger partial charge in [-0.3, -0.25) is 0 Å². The molecule has 2 heteroatoms. The second-order valence-electron chi connectivity index (χ2n) is 5.00. The lowest BCUT2D eigenvalue weighted by molar-refractivity contribution is 0.970. The molecule has 0 bridgehead atoms. The Balaban J connectivity index is 1.96. The predicted octanol–water partition coefficient (Wildman–Crippen LogP) is 4.67. The predicted molar refractivity (Wildman–Crippen MR) is 86.1 cm³/mol. The molecule has 0 atom stereocenters. The zero-order valence-electron chi connectivity index (χ0n) is 11.5. The van der Waals surface area contributed by atoms with E-state index < -0.39 is 0 Å². The average molecular weight is 270 g/mol. The lowest BCUT2D eigenvalue weighted by Crippen LogP contribution is -1.92. The number of hydrogen-bond acceptors (Lipinski definition) is 1. The van der Waals surface area contributed by atoms with Crippen LogP contribution in [0.3, 0.4) is 0 Å². The summed E-state index contributed by atoms with van der Waals surface area (Å²) < 4.78 is 2.01. The SMILES string of the molecule is c1ccc(-c2cnn3c(-c4ccccc4)cccc23)cc1. The number of nitrogens with zero attached hydrogens (tertiary/aromatic N) is 2. The van der Waals surface area contributed by atoms with Crippen LogP contribution in [0.15, 0.2) is 85.1 Å². The molecule has 0 unspecified atom stereocenters. The summed E-state index contributed by atoms with van der Waals surface area (Å²) >= 11 is 0. The first-order valence-electron chi connectivity index (χ1n) is 7.01. The van der Waals surface area contributed by atoms with Gasteiger partial charge in [0.25, 0.3) is 0 Å². The number of pyridine rings is 1. The summed E-state index contributed by atoms with van der Waals surface area (Å²) in [7, 11) is 0. The minimum absolute atomic E-state index is 1.11. The van der Waals surface area contributed by atoms with Crippen LogP contribution in [0.1, 0.15) is 0 Å². The van der Waals surface area contributed by atoms with Gasteiger partial charge in [0.15, 0.2) is 0 Å². The molecule has 0 N–H and O–H groups in total. The highest BCUT2D eigenvalue weighted by molar-refractivity contribution is 5.81. The summed E-state index contributed by atoms with van der Waals surface area (Å²) in [6.45, 7) is 0. The third kappa shape index (κ3) is 2.01. The molecule has 0 spiro atoms. The molecule has 0 radical (unpaired) electrons. The molecular formula is C19H14N2. The largest absolute Gasteiger partial charge is 0.232 e. The van der Waals surface area contributed by atoms with Gasteiger partial charge in [-0.25, -0.2) is 4.52 Å². The van der Waals surface area contributed by atoms with Gasteiger partial charge in [0, 0.05) is 11.1 Å². The van der Waals surface area contributed by atoms with Crippen molar-refractivity contribution >= 4 is 5.52 Å². The van der Waals surface area contributed by atoms with E-state index in [0.717, 1.165) is 16.8 Å². The van der Waals surface area contributed by atoms with Crippen LogP contribution >= 0.6 is 0 Å². The van der Waals surface area contributed by atoms with Crippen LogP contribution in [0, 0.1) is 0 Å². The van der Waals surface area contributed by atoms with E-state index in [1.165, 1.54) is 11.1 Å². The topological polar surface area (TPSA) is 17.3 Å². The molecule has 0 saturated carbocycles. The molecule has 0 aliphatic heterocycles. The third-order valence-corrected chi connectivity index (χ3v) is 3.70. The first-order chi connectivity index (χ1) is 10.4. The minimum atomic E-state index is 1.11. The van der Waals surface area contributed by atoms with Crippen molar-refractivity contribution in [2.75, 3.05) is 0 Å². The summed E-state index contributed by atoms with van der Waals surface area (Å²) in [5.41, 5.74) is 5.76. The minimum Gasteiger partial charge on any atom is -0.232 e. The first kappa shape index (κ1) is 11.9. The van der Waals surface area contributed by atoms with E-state index in [4.69, 9.17) is 0 Å². The van der Waals surface area contributed by atoms with Crippen LogP contribution in [0.4, 0.5) is 0 Å². The molecule has 0 aliphatic carbocycles. The highest BCUT2D eigenvalue weighted by Crippen LogP contribution is 2.28. The Labute approximate surface area is 123 Å². The van der Waals surface area contributed by atoms with Gasteiger partial charge in [-0.05, 0) is 17.7 Å². The van der Waals surface area contributed by atoms with E-state index in [1.807, 2.05) is 22.8 Å². The number of benzene rings is 2. The molecule has 2 heterocycles. The maximum absolute atomic E-state index is 4.59. The molecule has 0 aliphatic rings. The molecule has 100 valence electrons. The molecule has 0 saturated heterocycles. The van der Waals surface area contributed by atoms with Crippen LogP contribution < -0.4 is 0 Å². The molecule has 0 amide bonds. The summed E-state index contributed by atoms with van der Waals surface area (Å²) in [5, 5.41) is 4.59. The quantitative estimate of drug-likeness (QED) is 0.517. The highest BCUT2D eigenvalue weighted by atomic mass is 15.2. The van der Waals surface area contributed by atoms with Gasteiger partial charge in [-0.15, -0.1) is 0 Å². The lowest BCUT2D eigenvalue weighted by atomic mass is 10.1. The van der Waals surface area contributed by atoms with Crippen molar-refractivity contribution in [3.8, 4) is 22.4 Å². The summed E-state index contributed by atoms with van der Waals surface area (Å²) in [6.07, 6.45) is 1.94. The van der Waals surface area contributed by atoms with Crippen molar-refractivity contribution in [3.05, 3.63) is 85.1 Å². The Morgan fingerprint density at radius 1 is 0.619 bits per heavy atom. The van der Waals surface area contributed by atoms with Crippen molar-refractivity contribution in [2.45, 2.75) is 0 Å². The van der Waals surface area contributed by atoms with Crippen molar-refractivity contribution < 1.29 is 0 Å². The maximum Gasteiger partial charge on any atom is 0.0747 e. The van der Waals surface area contributed by atoms with Gasteiger partial charge < -0.3 is 0 Å². The normalized spacial score (nSPS) is 10.9. The molecule has 2 nitrogen and oxygen atoms in total.